The Bertz CT molecular complexity index is 1500. The lowest BCUT2D eigenvalue weighted by Crippen LogP contribution is -2.24. The Labute approximate surface area is 234 Å². The number of esters is 2. The van der Waals surface area contributed by atoms with Gasteiger partial charge in [-0.25, -0.2) is 9.59 Å². The highest BCUT2D eigenvalue weighted by Crippen LogP contribution is 2.46. The summed E-state index contributed by atoms with van der Waals surface area (Å²) >= 11 is 9.73. The Morgan fingerprint density at radius 3 is 2.66 bits per heavy atom. The fraction of sp³-hybridized carbons (Fsp3) is 0.267. The normalized spacial score (nSPS) is 16.9. The molecule has 0 saturated heterocycles. The lowest BCUT2D eigenvalue weighted by Gasteiger charge is -2.24. The van der Waals surface area contributed by atoms with Gasteiger partial charge in [0.2, 0.25) is 0 Å². The third kappa shape index (κ3) is 4.92. The van der Waals surface area contributed by atoms with E-state index in [1.165, 1.54) is 45.8 Å². The zero-order chi connectivity index (χ0) is 26.2. The van der Waals surface area contributed by atoms with Gasteiger partial charge < -0.3 is 14.4 Å². The van der Waals surface area contributed by atoms with Gasteiger partial charge in [-0.05, 0) is 89.5 Å². The Morgan fingerprint density at radius 1 is 1.00 bits per heavy atom. The second kappa shape index (κ2) is 10.7. The molecule has 0 N–H and O–H groups in total. The summed E-state index contributed by atoms with van der Waals surface area (Å²) in [6.45, 7) is 1.61. The maximum Gasteiger partial charge on any atom is 0.353 e. The predicted octanol–water partition coefficient (Wildman–Crippen LogP) is 7.01. The number of nitrogens with zero attached hydrogens (tertiary/aromatic N) is 1. The van der Waals surface area contributed by atoms with E-state index in [9.17, 15) is 9.59 Å². The van der Waals surface area contributed by atoms with Crippen LogP contribution in [0.3, 0.4) is 0 Å². The first-order chi connectivity index (χ1) is 18.5. The topological polar surface area (TPSA) is 55.8 Å². The average molecular weight is 564 g/mol. The van der Waals surface area contributed by atoms with Gasteiger partial charge in [0.15, 0.2) is 11.5 Å². The molecule has 2 aromatic carbocycles. The highest BCUT2D eigenvalue weighted by atomic mass is 35.5. The van der Waals surface area contributed by atoms with E-state index in [1.54, 1.807) is 23.6 Å². The van der Waals surface area contributed by atoms with Gasteiger partial charge >= 0.3 is 11.9 Å². The highest BCUT2D eigenvalue weighted by molar-refractivity contribution is 7.12. The van der Waals surface area contributed by atoms with E-state index in [1.807, 2.05) is 16.8 Å². The first-order valence-corrected chi connectivity index (χ1v) is 14.8. The molecule has 0 spiro atoms. The number of thiophene rings is 2. The second-order valence-corrected chi connectivity index (χ2v) is 11.9. The molecule has 38 heavy (non-hydrogen) atoms. The summed E-state index contributed by atoms with van der Waals surface area (Å²) in [5.41, 5.74) is 6.40. The van der Waals surface area contributed by atoms with Crippen LogP contribution in [-0.2, 0) is 19.3 Å². The molecule has 8 heteroatoms. The molecule has 194 valence electrons. The third-order valence-electron chi connectivity index (χ3n) is 7.34. The van der Waals surface area contributed by atoms with Crippen LogP contribution in [0.4, 0.5) is 0 Å². The number of hydrogen-bond donors (Lipinski definition) is 0. The molecule has 5 nitrogen and oxygen atoms in total. The van der Waals surface area contributed by atoms with E-state index in [4.69, 9.17) is 21.1 Å². The van der Waals surface area contributed by atoms with E-state index in [0.29, 0.717) is 21.9 Å². The van der Waals surface area contributed by atoms with Crippen molar-refractivity contribution in [3.05, 3.63) is 102 Å². The number of carbonyl (C=O) groups excluding carboxylic acids is 2. The van der Waals surface area contributed by atoms with Gasteiger partial charge in [-0.2, -0.15) is 11.3 Å². The van der Waals surface area contributed by atoms with Crippen LogP contribution in [0.5, 0.6) is 11.5 Å². The van der Waals surface area contributed by atoms with Gasteiger partial charge in [0.25, 0.3) is 0 Å². The molecule has 0 bridgehead atoms. The Morgan fingerprint density at radius 2 is 1.87 bits per heavy atom. The SMILES string of the molecule is CN1CCc2c(cc(OC(=O)c3cccs3)c(OC(=O)c3ccsc3)c2Cl)C(c2ccc3c(c2)CCC3)C1. The van der Waals surface area contributed by atoms with Crippen LogP contribution in [0, 0.1) is 0 Å². The van der Waals surface area contributed by atoms with Crippen molar-refractivity contribution in [2.75, 3.05) is 20.1 Å². The summed E-state index contributed by atoms with van der Waals surface area (Å²) in [6, 6.07) is 13.8. The summed E-state index contributed by atoms with van der Waals surface area (Å²) in [5, 5.41) is 5.67. The summed E-state index contributed by atoms with van der Waals surface area (Å²) in [7, 11) is 2.11. The average Bonchev–Trinajstić information content (AvgIpc) is 3.69. The lowest BCUT2D eigenvalue weighted by molar-refractivity contribution is 0.0685. The molecule has 0 radical (unpaired) electrons. The van der Waals surface area contributed by atoms with E-state index in [0.717, 1.165) is 37.1 Å². The number of halogens is 1. The van der Waals surface area contributed by atoms with Gasteiger partial charge in [0.1, 0.15) is 4.88 Å². The molecular formula is C30H26ClNO4S2. The summed E-state index contributed by atoms with van der Waals surface area (Å²) in [6.07, 6.45) is 4.10. The van der Waals surface area contributed by atoms with E-state index in [-0.39, 0.29) is 17.4 Å². The maximum atomic E-state index is 13.0. The van der Waals surface area contributed by atoms with Crippen molar-refractivity contribution < 1.29 is 19.1 Å². The smallest absolute Gasteiger partial charge is 0.353 e. The van der Waals surface area contributed by atoms with Crippen LogP contribution in [0.25, 0.3) is 0 Å². The molecule has 0 amide bonds. The highest BCUT2D eigenvalue weighted by Gasteiger charge is 2.31. The quantitative estimate of drug-likeness (QED) is 0.193. The lowest BCUT2D eigenvalue weighted by atomic mass is 9.86. The second-order valence-electron chi connectivity index (χ2n) is 9.80. The van der Waals surface area contributed by atoms with Crippen molar-refractivity contribution in [2.24, 2.45) is 0 Å². The van der Waals surface area contributed by atoms with Crippen molar-refractivity contribution >= 4 is 46.2 Å². The minimum Gasteiger partial charge on any atom is -0.418 e. The van der Waals surface area contributed by atoms with Crippen molar-refractivity contribution in [2.45, 2.75) is 31.6 Å². The number of hydrogen-bond acceptors (Lipinski definition) is 7. The molecule has 2 aromatic heterocycles. The largest absolute Gasteiger partial charge is 0.418 e. The molecule has 1 aliphatic carbocycles. The summed E-state index contributed by atoms with van der Waals surface area (Å²) in [5.74, 6) is -0.775. The zero-order valence-electron chi connectivity index (χ0n) is 20.9. The molecule has 0 fully saturated rings. The summed E-state index contributed by atoms with van der Waals surface area (Å²) < 4.78 is 11.7. The van der Waals surface area contributed by atoms with Gasteiger partial charge in [0, 0.05) is 24.4 Å². The van der Waals surface area contributed by atoms with E-state index < -0.39 is 11.9 Å². The Hall–Kier alpha value is -2.97. The molecule has 6 rings (SSSR count). The van der Waals surface area contributed by atoms with Gasteiger partial charge in [-0.3, -0.25) is 0 Å². The maximum absolute atomic E-state index is 13.0. The summed E-state index contributed by atoms with van der Waals surface area (Å²) in [4.78, 5) is 28.7. The third-order valence-corrected chi connectivity index (χ3v) is 9.27. The van der Waals surface area contributed by atoms with Gasteiger partial charge in [-0.15, -0.1) is 11.3 Å². The monoisotopic (exact) mass is 563 g/mol. The molecule has 0 saturated carbocycles. The van der Waals surface area contributed by atoms with Crippen LogP contribution in [0.1, 0.15) is 60.2 Å². The molecule has 3 heterocycles. The Kier molecular flexibility index (Phi) is 7.10. The number of aryl methyl sites for hydroxylation is 2. The molecule has 1 atom stereocenters. The van der Waals surface area contributed by atoms with Crippen LogP contribution in [0.2, 0.25) is 5.02 Å². The van der Waals surface area contributed by atoms with Crippen molar-refractivity contribution in [3.63, 3.8) is 0 Å². The molecular weight excluding hydrogens is 538 g/mol. The number of likely N-dealkylation sites (N-methyl/N-ethyl adjacent to an activating group) is 1. The van der Waals surface area contributed by atoms with Crippen molar-refractivity contribution in [1.82, 2.24) is 4.90 Å². The fourth-order valence-electron chi connectivity index (χ4n) is 5.38. The molecule has 1 unspecified atom stereocenters. The molecule has 1 aliphatic heterocycles. The number of carbonyl (C=O) groups is 2. The predicted molar refractivity (Wildman–Crippen MR) is 152 cm³/mol. The van der Waals surface area contributed by atoms with Crippen LogP contribution in [0.15, 0.2) is 58.6 Å². The Balaban J connectivity index is 1.47. The van der Waals surface area contributed by atoms with Crippen LogP contribution >= 0.6 is 34.3 Å². The van der Waals surface area contributed by atoms with Gasteiger partial charge in [-0.1, -0.05) is 35.9 Å². The number of benzene rings is 2. The number of rotatable bonds is 5. The minimum atomic E-state index is -0.539. The molecule has 2 aliphatic rings. The van der Waals surface area contributed by atoms with E-state index >= 15 is 0 Å². The van der Waals surface area contributed by atoms with Crippen LogP contribution < -0.4 is 9.47 Å². The minimum absolute atomic E-state index is 0.0294. The zero-order valence-corrected chi connectivity index (χ0v) is 23.3. The van der Waals surface area contributed by atoms with Gasteiger partial charge in [0.05, 0.1) is 10.6 Å². The van der Waals surface area contributed by atoms with Crippen molar-refractivity contribution in [3.8, 4) is 11.5 Å². The number of ether oxygens (including phenoxy) is 2. The van der Waals surface area contributed by atoms with E-state index in [2.05, 4.69) is 30.1 Å². The molecule has 4 aromatic rings. The van der Waals surface area contributed by atoms with Crippen molar-refractivity contribution in [1.29, 1.82) is 0 Å². The standard InChI is InChI=1S/C30H26ClNO4S2/c1-32-11-9-22-23(24(16-32)20-8-7-18-4-2-5-19(18)14-20)15-25(35-30(34)26-6-3-12-38-26)28(27(22)31)36-29(33)21-10-13-37-17-21/h3,6-8,10,12-15,17,24H,2,4-5,9,11,16H2,1H3. The first-order valence-electron chi connectivity index (χ1n) is 12.6. The fourth-order valence-corrected chi connectivity index (χ4v) is 6.94. The number of fused-ring (bicyclic) bond motifs is 2. The van der Waals surface area contributed by atoms with Crippen LogP contribution in [-0.4, -0.2) is 37.0 Å². The first kappa shape index (κ1) is 25.3.